The maximum absolute atomic E-state index is 13.2. The van der Waals surface area contributed by atoms with Gasteiger partial charge in [0.2, 0.25) is 0 Å². The smallest absolute Gasteiger partial charge is 0.399 e. The van der Waals surface area contributed by atoms with Crippen LogP contribution in [0.25, 0.3) is 10.9 Å². The lowest BCUT2D eigenvalue weighted by Crippen LogP contribution is -2.27. The molecule has 1 aromatic carbocycles. The zero-order chi connectivity index (χ0) is 15.0. The quantitative estimate of drug-likeness (QED) is 0.783. The van der Waals surface area contributed by atoms with E-state index in [1.807, 2.05) is 6.07 Å². The third-order valence-corrected chi connectivity index (χ3v) is 3.90. The molecule has 3 N–H and O–H groups in total. The van der Waals surface area contributed by atoms with Crippen LogP contribution in [-0.4, -0.2) is 18.1 Å². The molecule has 1 saturated heterocycles. The summed E-state index contributed by atoms with van der Waals surface area (Å²) in [6, 6.07) is 5.99. The fourth-order valence-corrected chi connectivity index (χ4v) is 2.83. The fourth-order valence-electron chi connectivity index (χ4n) is 2.83. The van der Waals surface area contributed by atoms with Gasteiger partial charge >= 0.3 is 6.18 Å². The van der Waals surface area contributed by atoms with Crippen molar-refractivity contribution in [2.45, 2.75) is 24.9 Å². The van der Waals surface area contributed by atoms with Gasteiger partial charge in [0, 0.05) is 22.7 Å². The van der Waals surface area contributed by atoms with Crippen molar-refractivity contribution in [3.8, 4) is 0 Å². The zero-order valence-corrected chi connectivity index (χ0v) is 12.6. The second-order valence-corrected chi connectivity index (χ2v) is 5.40. The van der Waals surface area contributed by atoms with Gasteiger partial charge in [0.25, 0.3) is 0 Å². The van der Waals surface area contributed by atoms with Crippen molar-refractivity contribution < 1.29 is 13.2 Å². The number of nitrogens with zero attached hydrogens (tertiary/aromatic N) is 1. The van der Waals surface area contributed by atoms with E-state index >= 15 is 0 Å². The minimum atomic E-state index is -4.45. The van der Waals surface area contributed by atoms with E-state index in [-0.39, 0.29) is 29.5 Å². The van der Waals surface area contributed by atoms with Gasteiger partial charge in [-0.3, -0.25) is 4.98 Å². The van der Waals surface area contributed by atoms with E-state index < -0.39 is 11.7 Å². The number of rotatable bonds is 1. The van der Waals surface area contributed by atoms with Crippen molar-refractivity contribution in [2.24, 2.45) is 0 Å². The molecule has 0 spiro atoms. The topological polar surface area (TPSA) is 50.9 Å². The van der Waals surface area contributed by atoms with Gasteiger partial charge in [-0.25, -0.2) is 0 Å². The van der Waals surface area contributed by atoms with Gasteiger partial charge in [-0.2, -0.15) is 13.2 Å². The highest BCUT2D eigenvalue weighted by Crippen LogP contribution is 2.36. The van der Waals surface area contributed by atoms with Crippen LogP contribution in [0.2, 0.25) is 0 Å². The van der Waals surface area contributed by atoms with Gasteiger partial charge in [-0.1, -0.05) is 6.07 Å². The summed E-state index contributed by atoms with van der Waals surface area (Å²) >= 11 is 0. The van der Waals surface area contributed by atoms with Crippen LogP contribution in [-0.2, 0) is 6.18 Å². The Morgan fingerprint density at radius 3 is 2.45 bits per heavy atom. The number of halogens is 4. The molecule has 22 heavy (non-hydrogen) atoms. The van der Waals surface area contributed by atoms with Crippen molar-refractivity contribution in [2.75, 3.05) is 18.8 Å². The first-order valence-corrected chi connectivity index (χ1v) is 6.93. The van der Waals surface area contributed by atoms with Crippen LogP contribution in [0.3, 0.4) is 0 Å². The Balaban J connectivity index is 0.00000176. The van der Waals surface area contributed by atoms with Gasteiger partial charge in [0.05, 0.1) is 11.1 Å². The lowest BCUT2D eigenvalue weighted by molar-refractivity contribution is -0.136. The van der Waals surface area contributed by atoms with Crippen LogP contribution >= 0.6 is 12.4 Å². The van der Waals surface area contributed by atoms with Gasteiger partial charge in [0.15, 0.2) is 0 Å². The maximum atomic E-state index is 13.2. The Morgan fingerprint density at radius 1 is 1.14 bits per heavy atom. The van der Waals surface area contributed by atoms with Crippen LogP contribution in [0.4, 0.5) is 18.9 Å². The molecule has 3 rings (SSSR count). The summed E-state index contributed by atoms with van der Waals surface area (Å²) in [6.45, 7) is 1.75. The standard InChI is InChI=1S/C15H16F3N3.ClH/c16-15(17,18)12-8-11(19)7-10-1-2-13(21-14(10)12)9-3-5-20-6-4-9;/h1-2,7-9,20H,3-6,19H2;1H. The molecule has 0 radical (unpaired) electrons. The average Bonchev–Trinajstić information content (AvgIpc) is 2.46. The number of nitrogens with one attached hydrogen (secondary N) is 1. The molecular formula is C15H17ClF3N3. The molecule has 2 aromatic rings. The van der Waals surface area contributed by atoms with E-state index in [1.54, 1.807) is 6.07 Å². The second kappa shape index (κ2) is 6.30. The number of hydrogen-bond acceptors (Lipinski definition) is 3. The molecular weight excluding hydrogens is 315 g/mol. The summed E-state index contributed by atoms with van der Waals surface area (Å²) < 4.78 is 39.5. The first-order valence-electron chi connectivity index (χ1n) is 6.93. The first-order chi connectivity index (χ1) is 9.95. The number of benzene rings is 1. The number of nitrogens with two attached hydrogens (primary N) is 1. The Morgan fingerprint density at radius 2 is 1.82 bits per heavy atom. The predicted molar refractivity (Wildman–Crippen MR) is 83.3 cm³/mol. The van der Waals surface area contributed by atoms with Crippen molar-refractivity contribution in [3.63, 3.8) is 0 Å². The minimum Gasteiger partial charge on any atom is -0.399 e. The molecule has 0 unspecified atom stereocenters. The largest absolute Gasteiger partial charge is 0.418 e. The molecule has 1 aliphatic rings. The Bertz CT molecular complexity index is 667. The minimum absolute atomic E-state index is 0. The molecule has 0 saturated carbocycles. The average molecular weight is 332 g/mol. The van der Waals surface area contributed by atoms with E-state index in [9.17, 15) is 13.2 Å². The number of nitrogen functional groups attached to an aromatic ring is 1. The highest BCUT2D eigenvalue weighted by Gasteiger charge is 2.34. The van der Waals surface area contributed by atoms with Crippen LogP contribution in [0.1, 0.15) is 30.0 Å². The number of hydrogen-bond donors (Lipinski definition) is 2. The number of pyridine rings is 1. The summed E-state index contributed by atoms with van der Waals surface area (Å²) in [5, 5.41) is 3.67. The number of alkyl halides is 3. The highest BCUT2D eigenvalue weighted by molar-refractivity contribution is 5.86. The van der Waals surface area contributed by atoms with Crippen molar-refractivity contribution in [1.82, 2.24) is 10.3 Å². The van der Waals surface area contributed by atoms with Gasteiger partial charge in [0.1, 0.15) is 0 Å². The first kappa shape index (κ1) is 16.8. The summed E-state index contributed by atoms with van der Waals surface area (Å²) in [7, 11) is 0. The molecule has 7 heteroatoms. The molecule has 1 fully saturated rings. The number of fused-ring (bicyclic) bond motifs is 1. The molecule has 1 aliphatic heterocycles. The number of piperidine rings is 1. The Hall–Kier alpha value is -1.53. The van der Waals surface area contributed by atoms with E-state index in [0.717, 1.165) is 37.7 Å². The molecule has 2 heterocycles. The lowest BCUT2D eigenvalue weighted by atomic mass is 9.93. The van der Waals surface area contributed by atoms with Crippen LogP contribution < -0.4 is 11.1 Å². The molecule has 0 amide bonds. The summed E-state index contributed by atoms with van der Waals surface area (Å²) in [4.78, 5) is 4.30. The SMILES string of the molecule is Cl.Nc1cc(C(F)(F)F)c2nc(C3CCNCC3)ccc2c1. The van der Waals surface area contributed by atoms with E-state index in [4.69, 9.17) is 5.73 Å². The fraction of sp³-hybridized carbons (Fsp3) is 0.400. The van der Waals surface area contributed by atoms with Crippen LogP contribution in [0, 0.1) is 0 Å². The Kier molecular flexibility index (Phi) is 4.82. The summed E-state index contributed by atoms with van der Waals surface area (Å²) in [5.41, 5.74) is 5.64. The normalized spacial score (nSPS) is 16.5. The monoisotopic (exact) mass is 331 g/mol. The lowest BCUT2D eigenvalue weighted by Gasteiger charge is -2.22. The van der Waals surface area contributed by atoms with E-state index in [2.05, 4.69) is 10.3 Å². The van der Waals surface area contributed by atoms with Crippen LogP contribution in [0.15, 0.2) is 24.3 Å². The summed E-state index contributed by atoms with van der Waals surface area (Å²) in [6.07, 6.45) is -2.66. The zero-order valence-electron chi connectivity index (χ0n) is 11.8. The molecule has 0 atom stereocenters. The van der Waals surface area contributed by atoms with E-state index in [0.29, 0.717) is 5.39 Å². The van der Waals surface area contributed by atoms with Crippen molar-refractivity contribution in [1.29, 1.82) is 0 Å². The summed E-state index contributed by atoms with van der Waals surface area (Å²) in [5.74, 6) is 0.217. The van der Waals surface area contributed by atoms with Crippen LogP contribution in [0.5, 0.6) is 0 Å². The highest BCUT2D eigenvalue weighted by atomic mass is 35.5. The molecule has 1 aromatic heterocycles. The molecule has 0 aliphatic carbocycles. The third-order valence-electron chi connectivity index (χ3n) is 3.90. The van der Waals surface area contributed by atoms with E-state index in [1.165, 1.54) is 6.07 Å². The van der Waals surface area contributed by atoms with Gasteiger partial charge in [-0.05, 0) is 44.1 Å². The number of aromatic nitrogens is 1. The maximum Gasteiger partial charge on any atom is 0.418 e. The third kappa shape index (κ3) is 3.28. The predicted octanol–water partition coefficient (Wildman–Crippen LogP) is 3.72. The second-order valence-electron chi connectivity index (χ2n) is 5.40. The van der Waals surface area contributed by atoms with Gasteiger partial charge < -0.3 is 11.1 Å². The van der Waals surface area contributed by atoms with Crippen molar-refractivity contribution >= 4 is 29.0 Å². The van der Waals surface area contributed by atoms with Gasteiger partial charge in [-0.15, -0.1) is 12.4 Å². The number of anilines is 1. The molecule has 0 bridgehead atoms. The van der Waals surface area contributed by atoms with Crippen molar-refractivity contribution in [3.05, 3.63) is 35.5 Å². The molecule has 3 nitrogen and oxygen atoms in total. The Labute approximate surface area is 132 Å². The molecule has 120 valence electrons.